The van der Waals surface area contributed by atoms with Crippen LogP contribution < -0.4 is 17.2 Å². The van der Waals surface area contributed by atoms with E-state index in [0.717, 1.165) is 17.4 Å². The minimum Gasteiger partial charge on any atom is -0.456 e. The van der Waals surface area contributed by atoms with E-state index in [0.29, 0.717) is 32.4 Å². The Labute approximate surface area is 329 Å². The number of ketones is 1. The molecule has 26 heteroatoms. The van der Waals surface area contributed by atoms with Crippen LogP contribution >= 0.6 is 15.6 Å². The summed E-state index contributed by atoms with van der Waals surface area (Å²) in [7, 11) is -10.2. The smallest absolute Gasteiger partial charge is 0.456 e. The number of rotatable bonds is 18. The van der Waals surface area contributed by atoms with Crippen molar-refractivity contribution in [2.24, 2.45) is 5.92 Å². The molecule has 0 amide bonds. The number of phosphoric acid groups is 2. The Morgan fingerprint density at radius 3 is 2.59 bits per heavy atom. The number of likely N-dealkylation sites (tertiary alicyclic amines) is 1. The van der Waals surface area contributed by atoms with Crippen LogP contribution in [0.2, 0.25) is 0 Å². The van der Waals surface area contributed by atoms with Crippen molar-refractivity contribution in [2.75, 3.05) is 44.3 Å². The summed E-state index contributed by atoms with van der Waals surface area (Å²) in [5, 5.41) is 11.5. The lowest BCUT2D eigenvalue weighted by Gasteiger charge is -2.32. The van der Waals surface area contributed by atoms with Crippen LogP contribution in [0.1, 0.15) is 51.0 Å². The van der Waals surface area contributed by atoms with Crippen molar-refractivity contribution in [2.45, 2.75) is 81.5 Å². The predicted molar refractivity (Wildman–Crippen MR) is 198 cm³/mol. The molecule has 3 aromatic heterocycles. The third-order valence-corrected chi connectivity index (χ3v) is 11.3. The standard InChI is InChI=1S/C32H45N9O15P2/c1-2-3-6-19(42)10-18-5-4-8-39(12-18)13-25(43)55-28-22(54-31(27(28)44)41-17-37-26-29(34)35-16-36-30(26)41)15-52-58(49,50)56-20-11-24(40-9-7-23(33)38-32(40)45)53-21(20)14-51-57(46,47)48/h2,7,9,16-18,20-22,24,27-28,31,44H,1,3-6,8,10-15H2,(H,49,50)(H2,33,38,45)(H2,34,35,36)(H2,46,47,48)/t18-,20?,21-,22-,24-,27+,28?,31-/m1/s1. The Morgan fingerprint density at radius 1 is 1.07 bits per heavy atom. The lowest BCUT2D eigenvalue weighted by Crippen LogP contribution is -2.43. The molecule has 58 heavy (non-hydrogen) atoms. The number of nitrogens with zero attached hydrogens (tertiary/aromatic N) is 7. The van der Waals surface area contributed by atoms with Crippen LogP contribution in [-0.4, -0.2) is 129 Å². The SMILES string of the molecule is C=CCCC(=O)C[C@H]1CCCN(CC(=O)OC2[C@@H](COP(=O)(O)OC3C[C@H](n4ccc(N)nc4=O)O[C@@H]3COP(=O)(O)O)O[C@@H](n3cnc4c(N)ncnc43)[C@H]2O)C1. The van der Waals surface area contributed by atoms with Crippen LogP contribution in [0.25, 0.3) is 11.2 Å². The molecule has 318 valence electrons. The van der Waals surface area contributed by atoms with Gasteiger partial charge >= 0.3 is 27.3 Å². The maximum Gasteiger partial charge on any atom is 0.472 e. The molecule has 0 bridgehead atoms. The van der Waals surface area contributed by atoms with Gasteiger partial charge in [-0.25, -0.2) is 28.9 Å². The third-order valence-electron chi connectivity index (χ3n) is 9.76. The van der Waals surface area contributed by atoms with E-state index in [2.05, 4.69) is 31.0 Å². The minimum absolute atomic E-state index is 0.0415. The number of phosphoric ester groups is 2. The van der Waals surface area contributed by atoms with E-state index in [1.165, 1.54) is 29.5 Å². The number of carbonyl (C=O) groups excluding carboxylic acids is 2. The lowest BCUT2D eigenvalue weighted by atomic mass is 9.92. The molecular formula is C32H45N9O15P2. The van der Waals surface area contributed by atoms with Crippen molar-refractivity contribution in [1.29, 1.82) is 0 Å². The van der Waals surface area contributed by atoms with Crippen LogP contribution in [0.15, 0.2) is 42.4 Å². The summed E-state index contributed by atoms with van der Waals surface area (Å²) in [4.78, 5) is 85.4. The number of ether oxygens (including phenoxy) is 3. The molecule has 6 rings (SSSR count). The van der Waals surface area contributed by atoms with Gasteiger partial charge in [-0.3, -0.25) is 37.2 Å². The fourth-order valence-electron chi connectivity index (χ4n) is 7.12. The van der Waals surface area contributed by atoms with Gasteiger partial charge in [0.1, 0.15) is 54.1 Å². The molecule has 3 aromatic rings. The quantitative estimate of drug-likeness (QED) is 0.0555. The number of hydrogen-bond acceptors (Lipinski definition) is 19. The number of nitrogens with two attached hydrogens (primary N) is 2. The van der Waals surface area contributed by atoms with Crippen molar-refractivity contribution in [3.8, 4) is 0 Å². The number of aliphatic hydroxyl groups excluding tert-OH is 1. The van der Waals surface area contributed by atoms with E-state index >= 15 is 0 Å². The first-order valence-corrected chi connectivity index (χ1v) is 21.2. The number of Topliss-reactive ketones (excluding diaryl/α,β-unsaturated/α-hetero) is 1. The number of allylic oxidation sites excluding steroid dienone is 1. The van der Waals surface area contributed by atoms with E-state index in [1.54, 1.807) is 6.08 Å². The average Bonchev–Trinajstić information content (AvgIpc) is 3.84. The summed E-state index contributed by atoms with van der Waals surface area (Å²) in [5.41, 5.74) is 11.0. The van der Waals surface area contributed by atoms with Gasteiger partial charge in [-0.05, 0) is 37.8 Å². The number of imidazole rings is 1. The first kappa shape index (κ1) is 43.5. The number of aromatic nitrogens is 6. The van der Waals surface area contributed by atoms with Gasteiger partial charge in [0.25, 0.3) is 0 Å². The molecular weight excluding hydrogens is 812 g/mol. The number of piperidine rings is 1. The van der Waals surface area contributed by atoms with Crippen LogP contribution in [0, 0.1) is 5.92 Å². The Morgan fingerprint density at radius 2 is 1.84 bits per heavy atom. The zero-order chi connectivity index (χ0) is 41.8. The molecule has 0 radical (unpaired) electrons. The number of anilines is 2. The Hall–Kier alpha value is -4.03. The maximum atomic E-state index is 13.4. The second-order valence-corrected chi connectivity index (χ2v) is 16.7. The molecule has 0 aliphatic carbocycles. The summed E-state index contributed by atoms with van der Waals surface area (Å²) < 4.78 is 60.0. The summed E-state index contributed by atoms with van der Waals surface area (Å²) in [6.45, 7) is 2.87. The zero-order valence-electron chi connectivity index (χ0n) is 31.0. The fourth-order valence-corrected chi connectivity index (χ4v) is 8.42. The van der Waals surface area contributed by atoms with Gasteiger partial charge in [-0.15, -0.1) is 6.58 Å². The number of carbonyl (C=O) groups is 2. The molecule has 6 heterocycles. The highest BCUT2D eigenvalue weighted by Gasteiger charge is 2.50. The normalized spacial score (nSPS) is 27.7. The van der Waals surface area contributed by atoms with Gasteiger partial charge in [0, 0.05) is 32.0 Å². The molecule has 9 atom stereocenters. The second kappa shape index (κ2) is 18.5. The van der Waals surface area contributed by atoms with Gasteiger partial charge in [0.2, 0.25) is 0 Å². The number of esters is 1. The van der Waals surface area contributed by atoms with E-state index in [9.17, 15) is 43.3 Å². The Kier molecular flexibility index (Phi) is 13.9. The van der Waals surface area contributed by atoms with E-state index in [4.69, 9.17) is 34.7 Å². The molecule has 0 aromatic carbocycles. The summed E-state index contributed by atoms with van der Waals surface area (Å²) in [6.07, 6.45) is -1.87. The third kappa shape index (κ3) is 11.0. The maximum absolute atomic E-state index is 13.4. The van der Waals surface area contributed by atoms with Crippen LogP contribution in [0.3, 0.4) is 0 Å². The molecule has 3 aliphatic heterocycles. The van der Waals surface area contributed by atoms with Gasteiger partial charge in [0.15, 0.2) is 23.8 Å². The average molecular weight is 858 g/mol. The number of fused-ring (bicyclic) bond motifs is 1. The Balaban J connectivity index is 1.16. The van der Waals surface area contributed by atoms with E-state index in [-0.39, 0.29) is 47.5 Å². The number of aliphatic hydroxyl groups is 1. The van der Waals surface area contributed by atoms with E-state index < -0.39 is 83.5 Å². The monoisotopic (exact) mass is 857 g/mol. The molecule has 3 unspecified atom stereocenters. The first-order valence-electron chi connectivity index (χ1n) is 18.2. The van der Waals surface area contributed by atoms with Crippen LogP contribution in [0.4, 0.5) is 11.6 Å². The van der Waals surface area contributed by atoms with Crippen LogP contribution in [0.5, 0.6) is 0 Å². The van der Waals surface area contributed by atoms with Gasteiger partial charge in [0.05, 0.1) is 26.1 Å². The summed E-state index contributed by atoms with van der Waals surface area (Å²) in [5.74, 6) is -0.649. The predicted octanol–water partition coefficient (Wildman–Crippen LogP) is -0.0459. The van der Waals surface area contributed by atoms with Gasteiger partial charge in [-0.1, -0.05) is 6.08 Å². The van der Waals surface area contributed by atoms with Gasteiger partial charge in [-0.2, -0.15) is 4.98 Å². The summed E-state index contributed by atoms with van der Waals surface area (Å²) >= 11 is 0. The molecule has 3 saturated heterocycles. The largest absolute Gasteiger partial charge is 0.472 e. The highest BCUT2D eigenvalue weighted by molar-refractivity contribution is 7.47. The highest BCUT2D eigenvalue weighted by atomic mass is 31.2. The van der Waals surface area contributed by atoms with Crippen molar-refractivity contribution in [3.63, 3.8) is 0 Å². The fraction of sp³-hybridized carbons (Fsp3) is 0.594. The topological polar surface area (TPSA) is 338 Å². The highest BCUT2D eigenvalue weighted by Crippen LogP contribution is 2.50. The van der Waals surface area contributed by atoms with Crippen molar-refractivity contribution < 1.29 is 66.3 Å². The molecule has 8 N–H and O–H groups in total. The molecule has 3 fully saturated rings. The number of nitrogen functional groups attached to an aromatic ring is 2. The van der Waals surface area contributed by atoms with Gasteiger partial charge < -0.3 is 45.5 Å². The zero-order valence-corrected chi connectivity index (χ0v) is 32.7. The molecule has 3 aliphatic rings. The summed E-state index contributed by atoms with van der Waals surface area (Å²) in [6, 6.07) is 1.29. The van der Waals surface area contributed by atoms with Crippen molar-refractivity contribution in [1.82, 2.24) is 34.0 Å². The molecule has 0 saturated carbocycles. The van der Waals surface area contributed by atoms with Crippen LogP contribution in [-0.2, 0) is 46.5 Å². The number of hydrogen-bond donors (Lipinski definition) is 6. The van der Waals surface area contributed by atoms with E-state index in [1.807, 2.05) is 4.90 Å². The minimum atomic E-state index is -5.15. The van der Waals surface area contributed by atoms with Crippen molar-refractivity contribution >= 4 is 50.2 Å². The lowest BCUT2D eigenvalue weighted by molar-refractivity contribution is -0.158. The second-order valence-electron chi connectivity index (χ2n) is 14.0. The Bertz CT molecular complexity index is 2120. The molecule has 0 spiro atoms. The first-order chi connectivity index (χ1) is 27.5. The molecule has 24 nitrogen and oxygen atoms in total. The van der Waals surface area contributed by atoms with Crippen molar-refractivity contribution in [3.05, 3.63) is 48.1 Å².